The average Bonchev–Trinajstić information content (AvgIpc) is 2.12. The normalized spacial score (nSPS) is 14.9. The van der Waals surface area contributed by atoms with Crippen LogP contribution >= 0.6 is 12.4 Å². The highest BCUT2D eigenvalue weighted by Crippen LogP contribution is 2.17. The lowest BCUT2D eigenvalue weighted by atomic mass is 9.87. The number of nitrogens with two attached hydrogens (primary N) is 1. The third kappa shape index (κ3) is 7.04. The number of rotatable bonds is 5. The van der Waals surface area contributed by atoms with Gasteiger partial charge in [-0.2, -0.15) is 0 Å². The Morgan fingerprint density at radius 3 is 2.31 bits per heavy atom. The Bertz CT molecular complexity index is 205. The fraction of sp³-hybridized carbons (Fsp3) is 0.909. The number of hydrogen-bond donors (Lipinski definition) is 2. The highest BCUT2D eigenvalue weighted by atomic mass is 35.5. The summed E-state index contributed by atoms with van der Waals surface area (Å²) in [6, 6.07) is -0.466. The van der Waals surface area contributed by atoms with Crippen LogP contribution in [-0.2, 0) is 9.53 Å². The second kappa shape index (κ2) is 7.87. The minimum Gasteiger partial charge on any atom is -0.384 e. The molecule has 0 bridgehead atoms. The Labute approximate surface area is 105 Å². The van der Waals surface area contributed by atoms with E-state index < -0.39 is 6.04 Å². The third-order valence-electron chi connectivity index (χ3n) is 2.29. The lowest BCUT2D eigenvalue weighted by Crippen LogP contribution is -2.49. The van der Waals surface area contributed by atoms with Crippen molar-refractivity contribution >= 4 is 18.3 Å². The maximum atomic E-state index is 11.6. The number of amides is 1. The van der Waals surface area contributed by atoms with E-state index in [2.05, 4.69) is 5.32 Å². The van der Waals surface area contributed by atoms with Crippen LogP contribution in [0.25, 0.3) is 0 Å². The molecule has 0 aliphatic rings. The Morgan fingerprint density at radius 1 is 1.44 bits per heavy atom. The molecule has 1 unspecified atom stereocenters. The number of nitrogens with one attached hydrogen (secondary N) is 1. The van der Waals surface area contributed by atoms with Crippen molar-refractivity contribution in [3.05, 3.63) is 0 Å². The van der Waals surface area contributed by atoms with Crippen LogP contribution in [0.5, 0.6) is 0 Å². The highest BCUT2D eigenvalue weighted by molar-refractivity contribution is 5.85. The Kier molecular flexibility index (Phi) is 8.88. The van der Waals surface area contributed by atoms with Crippen LogP contribution in [-0.4, -0.2) is 32.2 Å². The summed E-state index contributed by atoms with van der Waals surface area (Å²) in [7, 11) is 1.65. The second-order valence-corrected chi connectivity index (χ2v) is 5.15. The minimum absolute atomic E-state index is 0. The lowest BCUT2D eigenvalue weighted by Gasteiger charge is -2.26. The first-order chi connectivity index (χ1) is 6.79. The number of hydrogen-bond acceptors (Lipinski definition) is 3. The third-order valence-corrected chi connectivity index (χ3v) is 2.29. The molecule has 0 fully saturated rings. The van der Waals surface area contributed by atoms with Gasteiger partial charge in [-0.05, 0) is 11.3 Å². The molecule has 98 valence electrons. The van der Waals surface area contributed by atoms with E-state index in [1.165, 1.54) is 0 Å². The van der Waals surface area contributed by atoms with Gasteiger partial charge in [-0.3, -0.25) is 4.79 Å². The molecule has 0 rings (SSSR count). The SMILES string of the molecule is COCC(C)CNC(=O)[C@@H](N)C(C)(C)C.Cl. The number of carbonyl (C=O) groups is 1. The van der Waals surface area contributed by atoms with Crippen LogP contribution in [0.1, 0.15) is 27.7 Å². The van der Waals surface area contributed by atoms with Gasteiger partial charge in [0.25, 0.3) is 0 Å². The summed E-state index contributed by atoms with van der Waals surface area (Å²) < 4.78 is 4.98. The van der Waals surface area contributed by atoms with Gasteiger partial charge in [0, 0.05) is 13.7 Å². The molecule has 0 saturated heterocycles. The van der Waals surface area contributed by atoms with E-state index in [4.69, 9.17) is 10.5 Å². The molecule has 3 N–H and O–H groups in total. The summed E-state index contributed by atoms with van der Waals surface area (Å²) in [5, 5.41) is 2.83. The number of halogens is 1. The second-order valence-electron chi connectivity index (χ2n) is 5.15. The largest absolute Gasteiger partial charge is 0.384 e. The Morgan fingerprint density at radius 2 is 1.94 bits per heavy atom. The molecule has 0 aromatic rings. The monoisotopic (exact) mass is 252 g/mol. The first-order valence-electron chi connectivity index (χ1n) is 5.31. The smallest absolute Gasteiger partial charge is 0.237 e. The topological polar surface area (TPSA) is 64.3 Å². The Balaban J connectivity index is 0. The molecule has 0 heterocycles. The van der Waals surface area contributed by atoms with Crippen molar-refractivity contribution in [3.63, 3.8) is 0 Å². The fourth-order valence-electron chi connectivity index (χ4n) is 1.12. The quantitative estimate of drug-likeness (QED) is 0.772. The van der Waals surface area contributed by atoms with Gasteiger partial charge in [0.2, 0.25) is 5.91 Å². The molecule has 16 heavy (non-hydrogen) atoms. The van der Waals surface area contributed by atoms with E-state index >= 15 is 0 Å². The van der Waals surface area contributed by atoms with Crippen molar-refractivity contribution in [2.45, 2.75) is 33.7 Å². The van der Waals surface area contributed by atoms with Crippen molar-refractivity contribution in [2.75, 3.05) is 20.3 Å². The molecule has 0 aliphatic heterocycles. The van der Waals surface area contributed by atoms with E-state index in [0.717, 1.165) is 0 Å². The van der Waals surface area contributed by atoms with Gasteiger partial charge in [-0.25, -0.2) is 0 Å². The number of ether oxygens (including phenoxy) is 1. The zero-order valence-electron chi connectivity index (χ0n) is 10.9. The van der Waals surface area contributed by atoms with Crippen molar-refractivity contribution in [1.29, 1.82) is 0 Å². The molecule has 4 nitrogen and oxygen atoms in total. The average molecular weight is 253 g/mol. The zero-order chi connectivity index (χ0) is 12.1. The van der Waals surface area contributed by atoms with Crippen molar-refractivity contribution < 1.29 is 9.53 Å². The van der Waals surface area contributed by atoms with Gasteiger partial charge in [-0.1, -0.05) is 27.7 Å². The molecule has 0 radical (unpaired) electrons. The molecule has 0 aliphatic carbocycles. The van der Waals surface area contributed by atoms with Crippen LogP contribution in [0.15, 0.2) is 0 Å². The molecule has 0 aromatic heterocycles. The summed E-state index contributed by atoms with van der Waals surface area (Å²) in [4.78, 5) is 11.6. The molecular weight excluding hydrogens is 228 g/mol. The van der Waals surface area contributed by atoms with Crippen LogP contribution < -0.4 is 11.1 Å². The van der Waals surface area contributed by atoms with Crippen molar-refractivity contribution in [3.8, 4) is 0 Å². The summed E-state index contributed by atoms with van der Waals surface area (Å²) in [5.74, 6) is 0.219. The molecule has 0 saturated carbocycles. The van der Waals surface area contributed by atoms with Crippen LogP contribution in [0.4, 0.5) is 0 Å². The Hall–Kier alpha value is -0.320. The molecular formula is C11H25ClN2O2. The summed E-state index contributed by atoms with van der Waals surface area (Å²) in [6.07, 6.45) is 0. The van der Waals surface area contributed by atoms with Gasteiger partial charge in [0.15, 0.2) is 0 Å². The van der Waals surface area contributed by atoms with Gasteiger partial charge in [0.05, 0.1) is 12.6 Å². The maximum absolute atomic E-state index is 11.6. The standard InChI is InChI=1S/C11H24N2O2.ClH/c1-8(7-15-5)6-13-10(14)9(12)11(2,3)4;/h8-9H,6-7,12H2,1-5H3,(H,13,14);1H/t8?,9-;/m1./s1. The highest BCUT2D eigenvalue weighted by Gasteiger charge is 2.27. The van der Waals surface area contributed by atoms with Crippen LogP contribution in [0, 0.1) is 11.3 Å². The zero-order valence-corrected chi connectivity index (χ0v) is 11.7. The maximum Gasteiger partial charge on any atom is 0.237 e. The molecule has 0 aromatic carbocycles. The molecule has 2 atom stereocenters. The molecule has 1 amide bonds. The van der Waals surface area contributed by atoms with Gasteiger partial charge in [-0.15, -0.1) is 12.4 Å². The minimum atomic E-state index is -0.466. The van der Waals surface area contributed by atoms with E-state index in [0.29, 0.717) is 19.1 Å². The van der Waals surface area contributed by atoms with Crippen LogP contribution in [0.2, 0.25) is 0 Å². The van der Waals surface area contributed by atoms with Crippen LogP contribution in [0.3, 0.4) is 0 Å². The van der Waals surface area contributed by atoms with Crippen molar-refractivity contribution in [2.24, 2.45) is 17.1 Å². The first kappa shape index (κ1) is 18.1. The molecule has 5 heteroatoms. The van der Waals surface area contributed by atoms with Gasteiger partial charge in [0.1, 0.15) is 0 Å². The van der Waals surface area contributed by atoms with Gasteiger partial charge < -0.3 is 15.8 Å². The number of methoxy groups -OCH3 is 1. The predicted molar refractivity (Wildman–Crippen MR) is 68.7 cm³/mol. The summed E-state index contributed by atoms with van der Waals surface area (Å²) in [6.45, 7) is 9.13. The predicted octanol–water partition coefficient (Wildman–Crippen LogP) is 1.18. The lowest BCUT2D eigenvalue weighted by molar-refractivity contribution is -0.124. The van der Waals surface area contributed by atoms with E-state index in [1.54, 1.807) is 7.11 Å². The van der Waals surface area contributed by atoms with E-state index in [9.17, 15) is 4.79 Å². The molecule has 0 spiro atoms. The van der Waals surface area contributed by atoms with E-state index in [-0.39, 0.29) is 23.7 Å². The number of carbonyl (C=O) groups excluding carboxylic acids is 1. The van der Waals surface area contributed by atoms with E-state index in [1.807, 2.05) is 27.7 Å². The van der Waals surface area contributed by atoms with Crippen molar-refractivity contribution in [1.82, 2.24) is 5.32 Å². The fourth-order valence-corrected chi connectivity index (χ4v) is 1.12. The summed E-state index contributed by atoms with van der Waals surface area (Å²) >= 11 is 0. The summed E-state index contributed by atoms with van der Waals surface area (Å²) in [5.41, 5.74) is 5.61. The first-order valence-corrected chi connectivity index (χ1v) is 5.31. The van der Waals surface area contributed by atoms with Gasteiger partial charge >= 0.3 is 0 Å².